The van der Waals surface area contributed by atoms with Crippen LogP contribution in [0.15, 0.2) is 12.5 Å². The van der Waals surface area contributed by atoms with E-state index in [1.54, 1.807) is 11.0 Å². The average molecular weight is 269 g/mol. The number of nitrogens with zero attached hydrogens (tertiary/aromatic N) is 4. The van der Waals surface area contributed by atoms with E-state index in [0.29, 0.717) is 10.7 Å². The first-order valence-electron chi connectivity index (χ1n) is 4.88. The van der Waals surface area contributed by atoms with Crippen LogP contribution in [0.2, 0.25) is 0 Å². The zero-order valence-electron chi connectivity index (χ0n) is 8.98. The summed E-state index contributed by atoms with van der Waals surface area (Å²) in [5.41, 5.74) is 1.94. The van der Waals surface area contributed by atoms with Gasteiger partial charge in [0.25, 0.3) is 0 Å². The van der Waals surface area contributed by atoms with Gasteiger partial charge in [0.05, 0.1) is 17.3 Å². The number of aromatic nitrogens is 4. The monoisotopic (exact) mass is 268 g/mol. The van der Waals surface area contributed by atoms with Crippen molar-refractivity contribution in [3.8, 4) is 0 Å². The number of halogens is 1. The maximum Gasteiger partial charge on any atom is 0.161 e. The Balaban J connectivity index is 2.61. The number of alkyl halides is 1. The highest BCUT2D eigenvalue weighted by Crippen LogP contribution is 2.27. The summed E-state index contributed by atoms with van der Waals surface area (Å²) in [5, 5.41) is 5.24. The lowest BCUT2D eigenvalue weighted by molar-refractivity contribution is 0.737. The second-order valence-electron chi connectivity index (χ2n) is 3.73. The Morgan fingerprint density at radius 3 is 2.73 bits per heavy atom. The summed E-state index contributed by atoms with van der Waals surface area (Å²) >= 11 is 3.58. The van der Waals surface area contributed by atoms with Crippen molar-refractivity contribution in [3.63, 3.8) is 0 Å². The number of aryl methyl sites for hydroxylation is 1. The lowest BCUT2D eigenvalue weighted by atomic mass is 10.0. The highest BCUT2D eigenvalue weighted by atomic mass is 79.9. The zero-order chi connectivity index (χ0) is 11.0. The van der Waals surface area contributed by atoms with Crippen LogP contribution in [0.1, 0.15) is 25.5 Å². The average Bonchev–Trinajstić information content (AvgIpc) is 2.59. The molecular weight excluding hydrogens is 256 g/mol. The molecule has 2 aromatic rings. The van der Waals surface area contributed by atoms with Crippen LogP contribution in [0.3, 0.4) is 0 Å². The summed E-state index contributed by atoms with van der Waals surface area (Å²) in [5.74, 6) is 0.347. The molecule has 2 atom stereocenters. The molecule has 80 valence electrons. The molecule has 4 nitrogen and oxygen atoms in total. The van der Waals surface area contributed by atoms with Gasteiger partial charge in [-0.25, -0.2) is 9.97 Å². The normalized spacial score (nSPS) is 15.5. The minimum Gasteiger partial charge on any atom is -0.250 e. The minimum absolute atomic E-state index is 0.347. The van der Waals surface area contributed by atoms with E-state index in [1.165, 1.54) is 0 Å². The van der Waals surface area contributed by atoms with Gasteiger partial charge in [0, 0.05) is 17.8 Å². The lowest BCUT2D eigenvalue weighted by Crippen LogP contribution is -2.07. The fourth-order valence-corrected chi connectivity index (χ4v) is 1.81. The van der Waals surface area contributed by atoms with Gasteiger partial charge in [-0.3, -0.25) is 4.68 Å². The Kier molecular flexibility index (Phi) is 2.73. The van der Waals surface area contributed by atoms with Crippen molar-refractivity contribution in [2.24, 2.45) is 7.05 Å². The quantitative estimate of drug-likeness (QED) is 0.785. The summed E-state index contributed by atoms with van der Waals surface area (Å²) < 4.78 is 1.77. The second kappa shape index (κ2) is 3.89. The Morgan fingerprint density at radius 2 is 2.07 bits per heavy atom. The molecule has 0 bridgehead atoms. The topological polar surface area (TPSA) is 43.6 Å². The van der Waals surface area contributed by atoms with E-state index in [4.69, 9.17) is 0 Å². The van der Waals surface area contributed by atoms with Crippen molar-refractivity contribution < 1.29 is 0 Å². The van der Waals surface area contributed by atoms with Crippen LogP contribution in [-0.4, -0.2) is 24.6 Å². The largest absolute Gasteiger partial charge is 0.250 e. The van der Waals surface area contributed by atoms with Gasteiger partial charge in [0.15, 0.2) is 5.65 Å². The van der Waals surface area contributed by atoms with Crippen LogP contribution in [0.5, 0.6) is 0 Å². The molecule has 0 aromatic carbocycles. The third-order valence-corrected chi connectivity index (χ3v) is 3.47. The molecule has 0 spiro atoms. The Hall–Kier alpha value is -0.970. The maximum atomic E-state index is 4.35. The Bertz CT molecular complexity index is 477. The molecule has 0 aliphatic heterocycles. The molecule has 0 aliphatic carbocycles. The van der Waals surface area contributed by atoms with Gasteiger partial charge in [-0.2, -0.15) is 5.10 Å². The van der Waals surface area contributed by atoms with Crippen molar-refractivity contribution in [2.75, 3.05) is 0 Å². The standard InChI is InChI=1S/C10H13BrN4/c1-6(7(2)11)9-8-4-14-15(3)10(8)13-5-12-9/h4-7H,1-3H3. The minimum atomic E-state index is 0.347. The molecule has 0 aliphatic rings. The van der Waals surface area contributed by atoms with E-state index < -0.39 is 0 Å². The summed E-state index contributed by atoms with van der Waals surface area (Å²) in [7, 11) is 1.89. The Morgan fingerprint density at radius 1 is 1.33 bits per heavy atom. The van der Waals surface area contributed by atoms with E-state index >= 15 is 0 Å². The van der Waals surface area contributed by atoms with Gasteiger partial charge in [-0.15, -0.1) is 0 Å². The predicted octanol–water partition coefficient (Wildman–Crippen LogP) is 2.25. The summed E-state index contributed by atoms with van der Waals surface area (Å²) in [6.45, 7) is 4.27. The third-order valence-electron chi connectivity index (χ3n) is 2.68. The molecule has 2 unspecified atom stereocenters. The van der Waals surface area contributed by atoms with Crippen molar-refractivity contribution in [2.45, 2.75) is 24.6 Å². The molecule has 2 heterocycles. The fraction of sp³-hybridized carbons (Fsp3) is 0.500. The van der Waals surface area contributed by atoms with E-state index in [9.17, 15) is 0 Å². The first kappa shape index (κ1) is 10.5. The van der Waals surface area contributed by atoms with Crippen LogP contribution in [0.25, 0.3) is 11.0 Å². The van der Waals surface area contributed by atoms with Crippen LogP contribution in [-0.2, 0) is 7.05 Å². The van der Waals surface area contributed by atoms with E-state index in [1.807, 2.05) is 13.2 Å². The second-order valence-corrected chi connectivity index (χ2v) is 5.17. The first-order chi connectivity index (χ1) is 7.11. The Labute approximate surface area is 96.9 Å². The van der Waals surface area contributed by atoms with Gasteiger partial charge in [-0.05, 0) is 0 Å². The number of hydrogen-bond acceptors (Lipinski definition) is 3. The van der Waals surface area contributed by atoms with Crippen LogP contribution < -0.4 is 0 Å². The van der Waals surface area contributed by atoms with E-state index in [2.05, 4.69) is 44.8 Å². The molecule has 2 aromatic heterocycles. The van der Waals surface area contributed by atoms with Crippen LogP contribution in [0.4, 0.5) is 0 Å². The fourth-order valence-electron chi connectivity index (χ4n) is 1.56. The summed E-state index contributed by atoms with van der Waals surface area (Å²) in [6, 6.07) is 0. The molecule has 0 saturated heterocycles. The highest BCUT2D eigenvalue weighted by molar-refractivity contribution is 9.09. The first-order valence-corrected chi connectivity index (χ1v) is 5.79. The van der Waals surface area contributed by atoms with E-state index in [0.717, 1.165) is 16.7 Å². The molecule has 0 saturated carbocycles. The van der Waals surface area contributed by atoms with Gasteiger partial charge >= 0.3 is 0 Å². The number of rotatable bonds is 2. The van der Waals surface area contributed by atoms with Crippen LogP contribution >= 0.6 is 15.9 Å². The van der Waals surface area contributed by atoms with Crippen molar-refractivity contribution in [3.05, 3.63) is 18.2 Å². The van der Waals surface area contributed by atoms with Crippen molar-refractivity contribution >= 4 is 27.0 Å². The highest BCUT2D eigenvalue weighted by Gasteiger charge is 2.17. The van der Waals surface area contributed by atoms with Crippen molar-refractivity contribution in [1.82, 2.24) is 19.7 Å². The van der Waals surface area contributed by atoms with Gasteiger partial charge < -0.3 is 0 Å². The van der Waals surface area contributed by atoms with Crippen LogP contribution in [0, 0.1) is 0 Å². The molecule has 0 radical (unpaired) electrons. The smallest absolute Gasteiger partial charge is 0.161 e. The summed E-state index contributed by atoms with van der Waals surface area (Å²) in [6.07, 6.45) is 3.43. The molecule has 5 heteroatoms. The molecule has 15 heavy (non-hydrogen) atoms. The molecular formula is C10H13BrN4. The van der Waals surface area contributed by atoms with Gasteiger partial charge in [0.2, 0.25) is 0 Å². The third kappa shape index (κ3) is 1.76. The zero-order valence-corrected chi connectivity index (χ0v) is 10.6. The lowest BCUT2D eigenvalue weighted by Gasteiger charge is -2.13. The molecule has 0 fully saturated rings. The maximum absolute atomic E-state index is 4.35. The number of fused-ring (bicyclic) bond motifs is 1. The molecule has 0 amide bonds. The van der Waals surface area contributed by atoms with Gasteiger partial charge in [0.1, 0.15) is 6.33 Å². The SMILES string of the molecule is CC(Br)C(C)c1ncnc2c1cnn2C. The van der Waals surface area contributed by atoms with Gasteiger partial charge in [-0.1, -0.05) is 29.8 Å². The van der Waals surface area contributed by atoms with Crippen molar-refractivity contribution in [1.29, 1.82) is 0 Å². The molecule has 2 rings (SSSR count). The van der Waals surface area contributed by atoms with E-state index in [-0.39, 0.29) is 0 Å². The molecule has 0 N–H and O–H groups in total. The summed E-state index contributed by atoms with van der Waals surface area (Å²) in [4.78, 5) is 8.95. The number of hydrogen-bond donors (Lipinski definition) is 0. The predicted molar refractivity (Wildman–Crippen MR) is 63.1 cm³/mol.